The highest BCUT2D eigenvalue weighted by molar-refractivity contribution is 5.15. The van der Waals surface area contributed by atoms with Crippen LogP contribution in [0.1, 0.15) is 43.9 Å². The molecule has 0 aliphatic heterocycles. The van der Waals surface area contributed by atoms with Crippen LogP contribution in [0.15, 0.2) is 28.9 Å². The van der Waals surface area contributed by atoms with Gasteiger partial charge in [0, 0.05) is 31.8 Å². The van der Waals surface area contributed by atoms with Crippen molar-refractivity contribution in [1.82, 2.24) is 15.1 Å². The molecule has 0 aliphatic rings. The van der Waals surface area contributed by atoms with E-state index in [1.165, 1.54) is 0 Å². The van der Waals surface area contributed by atoms with Crippen LogP contribution >= 0.6 is 0 Å². The molecule has 2 N–H and O–H groups in total. The summed E-state index contributed by atoms with van der Waals surface area (Å²) in [4.78, 5) is 0. The van der Waals surface area contributed by atoms with E-state index in [1.54, 1.807) is 17.8 Å². The number of furan rings is 1. The smallest absolute Gasteiger partial charge is 0.120 e. The molecule has 0 fully saturated rings. The number of hydrogen-bond donors (Lipinski definition) is 2. The third-order valence-corrected chi connectivity index (χ3v) is 3.54. The van der Waals surface area contributed by atoms with Crippen LogP contribution in [0.2, 0.25) is 0 Å². The number of nitrogens with one attached hydrogen (secondary N) is 1. The molecule has 2 heterocycles. The van der Waals surface area contributed by atoms with Gasteiger partial charge in [-0.1, -0.05) is 6.92 Å². The number of aliphatic hydroxyl groups is 1. The minimum absolute atomic E-state index is 0.0541. The van der Waals surface area contributed by atoms with Gasteiger partial charge in [0.15, 0.2) is 0 Å². The van der Waals surface area contributed by atoms with Gasteiger partial charge < -0.3 is 14.8 Å². The van der Waals surface area contributed by atoms with E-state index in [-0.39, 0.29) is 6.04 Å². The Morgan fingerprint density at radius 2 is 2.25 bits per heavy atom. The van der Waals surface area contributed by atoms with Crippen molar-refractivity contribution in [1.29, 1.82) is 0 Å². The number of rotatable bonds is 6. The lowest BCUT2D eigenvalue weighted by molar-refractivity contribution is 0.0535. The van der Waals surface area contributed by atoms with Gasteiger partial charge in [-0.25, -0.2) is 0 Å². The van der Waals surface area contributed by atoms with E-state index < -0.39 is 5.60 Å². The third kappa shape index (κ3) is 3.29. The SMILES string of the molecule is CCc1ccc(C(C)NCC(C)(O)c2cnn(C)c2)o1. The Kier molecular flexibility index (Phi) is 4.30. The molecule has 0 spiro atoms. The maximum absolute atomic E-state index is 10.5. The maximum Gasteiger partial charge on any atom is 0.120 e. The van der Waals surface area contributed by atoms with Gasteiger partial charge in [-0.3, -0.25) is 4.68 Å². The molecule has 2 rings (SSSR count). The Hall–Kier alpha value is -1.59. The Balaban J connectivity index is 1.97. The van der Waals surface area contributed by atoms with Crippen molar-refractivity contribution >= 4 is 0 Å². The van der Waals surface area contributed by atoms with Gasteiger partial charge in [0.1, 0.15) is 17.1 Å². The molecule has 0 amide bonds. The van der Waals surface area contributed by atoms with Crippen LogP contribution in [0.5, 0.6) is 0 Å². The molecule has 2 aromatic heterocycles. The largest absolute Gasteiger partial charge is 0.464 e. The van der Waals surface area contributed by atoms with Gasteiger partial charge in [-0.2, -0.15) is 5.10 Å². The molecule has 0 bridgehead atoms. The average Bonchev–Trinajstić information content (AvgIpc) is 3.04. The fraction of sp³-hybridized carbons (Fsp3) is 0.533. The van der Waals surface area contributed by atoms with Gasteiger partial charge in [-0.05, 0) is 26.0 Å². The highest BCUT2D eigenvalue weighted by Gasteiger charge is 2.25. The van der Waals surface area contributed by atoms with E-state index in [4.69, 9.17) is 4.42 Å². The molecule has 0 aromatic carbocycles. The lowest BCUT2D eigenvalue weighted by atomic mass is 9.99. The zero-order valence-electron chi connectivity index (χ0n) is 12.6. The number of aryl methyl sites for hydroxylation is 2. The summed E-state index contributed by atoms with van der Waals surface area (Å²) >= 11 is 0. The number of hydrogen-bond acceptors (Lipinski definition) is 4. The van der Waals surface area contributed by atoms with Crippen LogP contribution in [-0.2, 0) is 19.1 Å². The average molecular weight is 277 g/mol. The first kappa shape index (κ1) is 14.8. The molecular formula is C15H23N3O2. The molecular weight excluding hydrogens is 254 g/mol. The molecule has 0 radical (unpaired) electrons. The quantitative estimate of drug-likeness (QED) is 0.849. The predicted octanol–water partition coefficient (Wildman–Crippen LogP) is 2.13. The summed E-state index contributed by atoms with van der Waals surface area (Å²) in [5.74, 6) is 1.87. The molecule has 110 valence electrons. The van der Waals surface area contributed by atoms with E-state index in [2.05, 4.69) is 17.3 Å². The third-order valence-electron chi connectivity index (χ3n) is 3.54. The second-order valence-electron chi connectivity index (χ2n) is 5.44. The number of aromatic nitrogens is 2. The second-order valence-corrected chi connectivity index (χ2v) is 5.44. The van der Waals surface area contributed by atoms with Crippen molar-refractivity contribution < 1.29 is 9.52 Å². The van der Waals surface area contributed by atoms with Crippen LogP contribution in [0.25, 0.3) is 0 Å². The first-order chi connectivity index (χ1) is 9.42. The summed E-state index contributed by atoms with van der Waals surface area (Å²) in [5.41, 5.74) is -0.156. The van der Waals surface area contributed by atoms with Crippen molar-refractivity contribution in [2.75, 3.05) is 6.54 Å². The second kappa shape index (κ2) is 5.81. The Labute approximate surface area is 119 Å². The molecule has 0 saturated carbocycles. The van der Waals surface area contributed by atoms with Crippen molar-refractivity contribution in [3.63, 3.8) is 0 Å². The normalized spacial score (nSPS) is 16.1. The van der Waals surface area contributed by atoms with Crippen LogP contribution in [0.3, 0.4) is 0 Å². The monoisotopic (exact) mass is 277 g/mol. The van der Waals surface area contributed by atoms with Gasteiger partial charge in [0.05, 0.1) is 12.2 Å². The van der Waals surface area contributed by atoms with Crippen LogP contribution in [0, 0.1) is 0 Å². The molecule has 2 aromatic rings. The predicted molar refractivity (Wildman–Crippen MR) is 77.3 cm³/mol. The number of nitrogens with zero attached hydrogens (tertiary/aromatic N) is 2. The molecule has 5 heteroatoms. The summed E-state index contributed by atoms with van der Waals surface area (Å²) in [6, 6.07) is 4.03. The lowest BCUT2D eigenvalue weighted by Crippen LogP contribution is -2.36. The molecule has 5 nitrogen and oxygen atoms in total. The topological polar surface area (TPSA) is 63.2 Å². The summed E-state index contributed by atoms with van der Waals surface area (Å²) < 4.78 is 7.40. The van der Waals surface area contributed by atoms with Gasteiger partial charge in [-0.15, -0.1) is 0 Å². The first-order valence-electron chi connectivity index (χ1n) is 6.96. The Bertz CT molecular complexity index is 557. The molecule has 2 unspecified atom stereocenters. The zero-order chi connectivity index (χ0) is 14.8. The maximum atomic E-state index is 10.5. The highest BCUT2D eigenvalue weighted by Crippen LogP contribution is 2.21. The summed E-state index contributed by atoms with van der Waals surface area (Å²) in [6.45, 7) is 6.30. The van der Waals surface area contributed by atoms with E-state index >= 15 is 0 Å². The van der Waals surface area contributed by atoms with E-state index in [0.717, 1.165) is 23.5 Å². The van der Waals surface area contributed by atoms with Crippen molar-refractivity contribution in [2.45, 2.75) is 38.8 Å². The zero-order valence-corrected chi connectivity index (χ0v) is 12.6. The standard InChI is InChI=1S/C15H23N3O2/c1-5-13-6-7-14(20-13)11(2)16-10-15(3,19)12-8-17-18(4)9-12/h6-9,11,16,19H,5,10H2,1-4H3. The molecule has 0 saturated heterocycles. The first-order valence-corrected chi connectivity index (χ1v) is 6.96. The summed E-state index contributed by atoms with van der Waals surface area (Å²) in [7, 11) is 1.84. The van der Waals surface area contributed by atoms with Crippen molar-refractivity contribution in [3.8, 4) is 0 Å². The molecule has 2 atom stereocenters. The Morgan fingerprint density at radius 1 is 1.50 bits per heavy atom. The molecule has 0 aliphatic carbocycles. The van der Waals surface area contributed by atoms with Crippen molar-refractivity contribution in [2.24, 2.45) is 7.05 Å². The van der Waals surface area contributed by atoms with Crippen LogP contribution in [0.4, 0.5) is 0 Å². The van der Waals surface area contributed by atoms with E-state index in [9.17, 15) is 5.11 Å². The van der Waals surface area contributed by atoms with E-state index in [0.29, 0.717) is 6.54 Å². The van der Waals surface area contributed by atoms with Crippen LogP contribution < -0.4 is 5.32 Å². The lowest BCUT2D eigenvalue weighted by Gasteiger charge is -2.24. The van der Waals surface area contributed by atoms with Gasteiger partial charge in [0.25, 0.3) is 0 Å². The summed E-state index contributed by atoms with van der Waals surface area (Å²) in [6.07, 6.45) is 4.41. The molecule has 20 heavy (non-hydrogen) atoms. The Morgan fingerprint density at radius 3 is 2.80 bits per heavy atom. The fourth-order valence-electron chi connectivity index (χ4n) is 2.07. The van der Waals surface area contributed by atoms with Gasteiger partial charge in [0.2, 0.25) is 0 Å². The van der Waals surface area contributed by atoms with E-state index in [1.807, 2.05) is 32.3 Å². The van der Waals surface area contributed by atoms with Gasteiger partial charge >= 0.3 is 0 Å². The van der Waals surface area contributed by atoms with Crippen molar-refractivity contribution in [3.05, 3.63) is 41.6 Å². The highest BCUT2D eigenvalue weighted by atomic mass is 16.3. The van der Waals surface area contributed by atoms with Crippen LogP contribution in [-0.4, -0.2) is 21.4 Å². The fourth-order valence-corrected chi connectivity index (χ4v) is 2.07. The minimum atomic E-state index is -0.956. The minimum Gasteiger partial charge on any atom is -0.464 e. The summed E-state index contributed by atoms with van der Waals surface area (Å²) in [5, 5.41) is 17.9.